The zero-order valence-corrected chi connectivity index (χ0v) is 22.0. The molecule has 0 amide bonds. The average molecular weight is 507 g/mol. The Morgan fingerprint density at radius 2 is 1.97 bits per heavy atom. The topological polar surface area (TPSA) is 106 Å². The van der Waals surface area contributed by atoms with Crippen LogP contribution in [0.3, 0.4) is 0 Å². The number of hydrogen-bond acceptors (Lipinski definition) is 8. The normalized spacial score (nSPS) is 23.4. The van der Waals surface area contributed by atoms with Crippen molar-refractivity contribution in [2.75, 3.05) is 13.3 Å². The summed E-state index contributed by atoms with van der Waals surface area (Å²) in [5.74, 6) is 3.90. The third-order valence-corrected chi connectivity index (χ3v) is 8.29. The summed E-state index contributed by atoms with van der Waals surface area (Å²) >= 11 is 1.63. The van der Waals surface area contributed by atoms with Gasteiger partial charge in [0, 0.05) is 22.6 Å². The highest BCUT2D eigenvalue weighted by Gasteiger charge is 2.32. The van der Waals surface area contributed by atoms with Crippen molar-refractivity contribution in [3.63, 3.8) is 0 Å². The number of nitrogens with zero attached hydrogens (tertiary/aromatic N) is 2. The van der Waals surface area contributed by atoms with Crippen LogP contribution in [0.1, 0.15) is 51.7 Å². The third-order valence-electron chi connectivity index (χ3n) is 7.24. The fraction of sp³-hybridized carbons (Fsp3) is 0.464. The molecule has 3 N–H and O–H groups in total. The number of furan rings is 1. The van der Waals surface area contributed by atoms with E-state index >= 15 is 0 Å². The second-order valence-corrected chi connectivity index (χ2v) is 10.9. The van der Waals surface area contributed by atoms with Gasteiger partial charge in [-0.1, -0.05) is 25.6 Å². The van der Waals surface area contributed by atoms with Crippen molar-refractivity contribution in [3.8, 4) is 22.8 Å². The Kier molecular flexibility index (Phi) is 7.34. The summed E-state index contributed by atoms with van der Waals surface area (Å²) in [6, 6.07) is 7.96. The van der Waals surface area contributed by atoms with Crippen LogP contribution in [0.25, 0.3) is 11.3 Å². The van der Waals surface area contributed by atoms with Gasteiger partial charge in [0.25, 0.3) is 0 Å². The molecule has 3 atom stereocenters. The first-order chi connectivity index (χ1) is 17.5. The van der Waals surface area contributed by atoms with E-state index in [2.05, 4.69) is 13.8 Å². The van der Waals surface area contributed by atoms with E-state index in [1.165, 1.54) is 0 Å². The van der Waals surface area contributed by atoms with Crippen LogP contribution in [0, 0.1) is 30.1 Å². The average Bonchev–Trinajstić information content (AvgIpc) is 3.45. The summed E-state index contributed by atoms with van der Waals surface area (Å²) in [5, 5.41) is 9.88. The second-order valence-electron chi connectivity index (χ2n) is 9.77. The lowest BCUT2D eigenvalue weighted by molar-refractivity contribution is 0.174. The fourth-order valence-electron chi connectivity index (χ4n) is 5.02. The summed E-state index contributed by atoms with van der Waals surface area (Å²) < 4.78 is 17.4. The van der Waals surface area contributed by atoms with Gasteiger partial charge in [-0.2, -0.15) is 0 Å². The zero-order valence-electron chi connectivity index (χ0n) is 21.2. The van der Waals surface area contributed by atoms with E-state index in [-0.39, 0.29) is 18.6 Å². The second kappa shape index (κ2) is 10.6. The molecule has 0 saturated carbocycles. The van der Waals surface area contributed by atoms with Gasteiger partial charge >= 0.3 is 0 Å². The molecule has 5 rings (SSSR count). The Labute approximate surface area is 216 Å². The maximum Gasteiger partial charge on any atom is 0.231 e. The van der Waals surface area contributed by atoms with Crippen LogP contribution in [0.4, 0.5) is 0 Å². The van der Waals surface area contributed by atoms with Crippen molar-refractivity contribution in [3.05, 3.63) is 41.4 Å². The first kappa shape index (κ1) is 24.8. The van der Waals surface area contributed by atoms with Gasteiger partial charge in [-0.25, -0.2) is 4.99 Å². The SMILES string of the molecule is CCC1C=NC2=C(N=C(Sc3cc4c(cc3-c3ccc(C)o3)OCO4)CC(CCCN)C2C)C(=N)C1. The number of aliphatic imine (C=N–C) groups is 2. The molecule has 8 heteroatoms. The van der Waals surface area contributed by atoms with E-state index < -0.39 is 0 Å². The minimum Gasteiger partial charge on any atom is -0.461 e. The highest BCUT2D eigenvalue weighted by molar-refractivity contribution is 8.14. The van der Waals surface area contributed by atoms with Crippen LogP contribution in [-0.2, 0) is 0 Å². The Bertz CT molecular complexity index is 1250. The van der Waals surface area contributed by atoms with Gasteiger partial charge in [-0.05, 0) is 81.7 Å². The molecule has 7 nitrogen and oxygen atoms in total. The summed E-state index contributed by atoms with van der Waals surface area (Å²) in [5.41, 5.74) is 9.10. The minimum absolute atomic E-state index is 0.199. The number of fused-ring (bicyclic) bond motifs is 1. The molecule has 3 aliphatic heterocycles. The lowest BCUT2D eigenvalue weighted by Gasteiger charge is -2.23. The molecule has 0 spiro atoms. The van der Waals surface area contributed by atoms with Crippen LogP contribution in [-0.4, -0.2) is 30.3 Å². The number of nitrogens with one attached hydrogen (secondary N) is 1. The maximum atomic E-state index is 8.90. The Morgan fingerprint density at radius 3 is 2.69 bits per heavy atom. The maximum absolute atomic E-state index is 8.90. The molecule has 0 aliphatic carbocycles. The summed E-state index contributed by atoms with van der Waals surface area (Å²) in [6.45, 7) is 7.20. The Hall–Kier alpha value is -2.84. The molecule has 0 radical (unpaired) electrons. The molecule has 36 heavy (non-hydrogen) atoms. The molecule has 3 unspecified atom stereocenters. The van der Waals surface area contributed by atoms with Crippen molar-refractivity contribution in [2.24, 2.45) is 33.5 Å². The van der Waals surface area contributed by atoms with Crippen molar-refractivity contribution >= 4 is 28.7 Å². The number of hydrogen-bond donors (Lipinski definition) is 2. The molecule has 3 aliphatic rings. The monoisotopic (exact) mass is 506 g/mol. The van der Waals surface area contributed by atoms with Gasteiger partial charge in [0.05, 0.1) is 16.5 Å². The molecule has 0 fully saturated rings. The van der Waals surface area contributed by atoms with E-state index in [1.54, 1.807) is 11.8 Å². The van der Waals surface area contributed by atoms with Gasteiger partial charge in [-0.3, -0.25) is 4.99 Å². The largest absolute Gasteiger partial charge is 0.461 e. The Balaban J connectivity index is 1.56. The van der Waals surface area contributed by atoms with Crippen molar-refractivity contribution < 1.29 is 13.9 Å². The Morgan fingerprint density at radius 1 is 1.17 bits per heavy atom. The molecular weight excluding hydrogens is 472 g/mol. The number of benzene rings is 1. The van der Waals surface area contributed by atoms with E-state index in [9.17, 15) is 0 Å². The first-order valence-corrected chi connectivity index (χ1v) is 13.6. The van der Waals surface area contributed by atoms with E-state index in [0.29, 0.717) is 24.6 Å². The third kappa shape index (κ3) is 5.02. The molecule has 1 aromatic carbocycles. The number of rotatable bonds is 6. The summed E-state index contributed by atoms with van der Waals surface area (Å²) in [7, 11) is 0. The van der Waals surface area contributed by atoms with E-state index in [1.807, 2.05) is 37.4 Å². The summed E-state index contributed by atoms with van der Waals surface area (Å²) in [6.07, 6.45) is 6.43. The lowest BCUT2D eigenvalue weighted by atomic mass is 9.85. The minimum atomic E-state index is 0.199. The van der Waals surface area contributed by atoms with E-state index in [4.69, 9.17) is 35.0 Å². The predicted molar refractivity (Wildman–Crippen MR) is 145 cm³/mol. The molecule has 1 aromatic heterocycles. The molecule has 2 aromatic rings. The molecule has 4 heterocycles. The van der Waals surface area contributed by atoms with E-state index in [0.717, 1.165) is 75.6 Å². The number of nitrogens with two attached hydrogens (primary N) is 1. The van der Waals surface area contributed by atoms with Crippen LogP contribution in [0.5, 0.6) is 11.5 Å². The zero-order chi connectivity index (χ0) is 25.2. The van der Waals surface area contributed by atoms with Crippen LogP contribution in [0.15, 0.2) is 55.0 Å². The standard InChI is InChI=1S/C28H34N4O3S/c1-4-18-10-21(30)28-27(31-14-18)17(3)19(6-5-9-29)11-26(32-28)36-25-13-24-23(33-15-34-24)12-20(25)22-8-7-16(2)35-22/h7-8,12-14,17-19,30H,4-6,9-11,15,29H2,1-3H3. The van der Waals surface area contributed by atoms with Gasteiger partial charge in [-0.15, -0.1) is 0 Å². The van der Waals surface area contributed by atoms with Gasteiger partial charge in [0.2, 0.25) is 6.79 Å². The number of allylic oxidation sites excluding steroid dienone is 2. The van der Waals surface area contributed by atoms with Crippen molar-refractivity contribution in [1.82, 2.24) is 0 Å². The fourth-order valence-corrected chi connectivity index (χ4v) is 6.14. The number of aryl methyl sites for hydroxylation is 1. The quantitative estimate of drug-likeness (QED) is 0.459. The smallest absolute Gasteiger partial charge is 0.231 e. The number of ether oxygens (including phenoxy) is 2. The highest BCUT2D eigenvalue weighted by Crippen LogP contribution is 2.45. The molecule has 0 bridgehead atoms. The predicted octanol–water partition coefficient (Wildman–Crippen LogP) is 6.60. The molecule has 0 saturated heterocycles. The van der Waals surface area contributed by atoms with Crippen molar-refractivity contribution in [1.29, 1.82) is 5.41 Å². The summed E-state index contributed by atoms with van der Waals surface area (Å²) in [4.78, 5) is 11.0. The first-order valence-electron chi connectivity index (χ1n) is 12.8. The van der Waals surface area contributed by atoms with Crippen LogP contribution >= 0.6 is 11.8 Å². The van der Waals surface area contributed by atoms with Gasteiger partial charge in [0.15, 0.2) is 11.5 Å². The van der Waals surface area contributed by atoms with Gasteiger partial charge in [0.1, 0.15) is 17.2 Å². The molecule has 190 valence electrons. The van der Waals surface area contributed by atoms with Crippen LogP contribution < -0.4 is 15.2 Å². The highest BCUT2D eigenvalue weighted by atomic mass is 32.2. The lowest BCUT2D eigenvalue weighted by Crippen LogP contribution is -2.17. The molecular formula is C28H34N4O3S. The van der Waals surface area contributed by atoms with Gasteiger partial charge < -0.3 is 25.0 Å². The number of thioether (sulfide) groups is 1. The van der Waals surface area contributed by atoms with Crippen LogP contribution in [0.2, 0.25) is 0 Å². The van der Waals surface area contributed by atoms with Crippen molar-refractivity contribution in [2.45, 2.75) is 57.8 Å².